The molecular formula is C14H5BrF8N2O. The monoisotopic (exact) mass is 448 g/mol. The number of nitrogens with one attached hydrogen (secondary N) is 1. The number of nitriles is 1. The number of benzene rings is 1. The van der Waals surface area contributed by atoms with Crippen molar-refractivity contribution in [2.75, 3.05) is 0 Å². The first-order valence-electron chi connectivity index (χ1n) is 6.40. The van der Waals surface area contributed by atoms with Crippen LogP contribution in [0.25, 0.3) is 11.3 Å². The zero-order valence-corrected chi connectivity index (χ0v) is 13.7. The molecule has 140 valence electrons. The standard InChI is InChI=1S/C14H5BrF8N2O/c15-9-8(5-24)10(25-11(9)12(16,17)13(18,19)20)6-1-3-7(4-2-6)26-14(21,22)23/h1-4,25H. The van der Waals surface area contributed by atoms with E-state index in [1.807, 2.05) is 4.98 Å². The molecule has 0 saturated carbocycles. The average molecular weight is 449 g/mol. The summed E-state index contributed by atoms with van der Waals surface area (Å²) in [4.78, 5) is 1.83. The fraction of sp³-hybridized carbons (Fsp3) is 0.214. The molecule has 1 aromatic carbocycles. The number of H-pyrrole nitrogens is 1. The molecule has 12 heteroatoms. The molecule has 26 heavy (non-hydrogen) atoms. The van der Waals surface area contributed by atoms with Gasteiger partial charge in [0.2, 0.25) is 0 Å². The number of aromatic nitrogens is 1. The summed E-state index contributed by atoms with van der Waals surface area (Å²) >= 11 is 2.53. The molecule has 0 saturated heterocycles. The second kappa shape index (κ2) is 6.46. The van der Waals surface area contributed by atoms with Crippen LogP contribution in [-0.4, -0.2) is 17.5 Å². The number of ether oxygens (including phenoxy) is 1. The lowest BCUT2D eigenvalue weighted by Gasteiger charge is -2.18. The van der Waals surface area contributed by atoms with Gasteiger partial charge in [-0.05, 0) is 45.8 Å². The van der Waals surface area contributed by atoms with E-state index in [2.05, 4.69) is 20.7 Å². The lowest BCUT2D eigenvalue weighted by molar-refractivity contribution is -0.291. The molecule has 0 aliphatic heterocycles. The summed E-state index contributed by atoms with van der Waals surface area (Å²) in [7, 11) is 0. The topological polar surface area (TPSA) is 48.8 Å². The van der Waals surface area contributed by atoms with E-state index in [0.29, 0.717) is 0 Å². The summed E-state index contributed by atoms with van der Waals surface area (Å²) in [6.45, 7) is 0. The summed E-state index contributed by atoms with van der Waals surface area (Å²) in [5.41, 5.74) is -2.67. The summed E-state index contributed by atoms with van der Waals surface area (Å²) in [5, 5.41) is 9.05. The van der Waals surface area contributed by atoms with Gasteiger partial charge >= 0.3 is 18.5 Å². The maximum absolute atomic E-state index is 13.6. The van der Waals surface area contributed by atoms with E-state index in [4.69, 9.17) is 5.26 Å². The zero-order chi connectivity index (χ0) is 19.9. The summed E-state index contributed by atoms with van der Waals surface area (Å²) in [6.07, 6.45) is -10.9. The van der Waals surface area contributed by atoms with Gasteiger partial charge < -0.3 is 9.72 Å². The van der Waals surface area contributed by atoms with E-state index in [0.717, 1.165) is 24.3 Å². The minimum Gasteiger partial charge on any atom is -0.406 e. The normalized spacial score (nSPS) is 12.8. The molecule has 0 aliphatic carbocycles. The van der Waals surface area contributed by atoms with Gasteiger partial charge in [-0.15, -0.1) is 13.2 Å². The van der Waals surface area contributed by atoms with E-state index in [-0.39, 0.29) is 5.56 Å². The summed E-state index contributed by atoms with van der Waals surface area (Å²) < 4.78 is 104. The van der Waals surface area contributed by atoms with Crippen LogP contribution in [0.5, 0.6) is 5.75 Å². The first kappa shape index (κ1) is 20.0. The van der Waals surface area contributed by atoms with Crippen molar-refractivity contribution in [1.82, 2.24) is 4.98 Å². The predicted molar refractivity (Wildman–Crippen MR) is 75.3 cm³/mol. The van der Waals surface area contributed by atoms with Crippen LogP contribution in [0.15, 0.2) is 28.7 Å². The Bertz CT molecular complexity index is 846. The van der Waals surface area contributed by atoms with E-state index in [1.54, 1.807) is 0 Å². The molecule has 1 N–H and O–H groups in total. The molecule has 0 amide bonds. The third-order valence-corrected chi connectivity index (χ3v) is 3.89. The predicted octanol–water partition coefficient (Wildman–Crippen LogP) is 5.87. The lowest BCUT2D eigenvalue weighted by Crippen LogP contribution is -2.34. The van der Waals surface area contributed by atoms with Gasteiger partial charge in [0.25, 0.3) is 0 Å². The SMILES string of the molecule is N#Cc1c(-c2ccc(OC(F)(F)F)cc2)[nH]c(C(F)(F)C(F)(F)F)c1Br. The number of alkyl halides is 8. The highest BCUT2D eigenvalue weighted by atomic mass is 79.9. The first-order chi connectivity index (χ1) is 11.8. The molecule has 3 nitrogen and oxygen atoms in total. The second-order valence-electron chi connectivity index (χ2n) is 4.82. The fourth-order valence-corrected chi connectivity index (χ4v) is 2.61. The molecule has 0 bridgehead atoms. The number of rotatable bonds is 3. The van der Waals surface area contributed by atoms with Crippen molar-refractivity contribution >= 4 is 15.9 Å². The largest absolute Gasteiger partial charge is 0.573 e. The van der Waals surface area contributed by atoms with Crippen LogP contribution in [0, 0.1) is 11.3 Å². The molecule has 0 radical (unpaired) electrons. The van der Waals surface area contributed by atoms with Gasteiger partial charge in [-0.2, -0.15) is 27.2 Å². The highest BCUT2D eigenvalue weighted by Crippen LogP contribution is 2.48. The third-order valence-electron chi connectivity index (χ3n) is 3.10. The molecule has 0 aliphatic rings. The summed E-state index contributed by atoms with van der Waals surface area (Å²) in [5.74, 6) is -5.92. The maximum atomic E-state index is 13.6. The van der Waals surface area contributed by atoms with E-state index in [9.17, 15) is 35.1 Å². The summed E-state index contributed by atoms with van der Waals surface area (Å²) in [6, 6.07) is 5.04. The molecule has 1 heterocycles. The van der Waals surface area contributed by atoms with Crippen LogP contribution in [0.3, 0.4) is 0 Å². The Labute approximate surface area is 148 Å². The second-order valence-corrected chi connectivity index (χ2v) is 5.61. The smallest absolute Gasteiger partial charge is 0.406 e. The molecule has 0 unspecified atom stereocenters. The number of nitrogens with zero attached hydrogens (tertiary/aromatic N) is 1. The van der Waals surface area contributed by atoms with Gasteiger partial charge in [0.05, 0.1) is 15.7 Å². The van der Waals surface area contributed by atoms with Crippen molar-refractivity contribution in [2.24, 2.45) is 0 Å². The Kier molecular flexibility index (Phi) is 4.97. The molecule has 0 spiro atoms. The Hall–Kier alpha value is -2.29. The number of hydrogen-bond acceptors (Lipinski definition) is 2. The quantitative estimate of drug-likeness (QED) is 0.597. The molecule has 2 aromatic rings. The molecule has 0 atom stereocenters. The van der Waals surface area contributed by atoms with E-state index >= 15 is 0 Å². The van der Waals surface area contributed by atoms with Crippen LogP contribution in [0.2, 0.25) is 0 Å². The van der Waals surface area contributed by atoms with Crippen molar-refractivity contribution in [3.8, 4) is 23.1 Å². The van der Waals surface area contributed by atoms with Gasteiger partial charge in [-0.3, -0.25) is 0 Å². The molecule has 0 fully saturated rings. The fourth-order valence-electron chi connectivity index (χ4n) is 1.98. The van der Waals surface area contributed by atoms with Crippen molar-refractivity contribution in [2.45, 2.75) is 18.5 Å². The van der Waals surface area contributed by atoms with Crippen LogP contribution in [0.1, 0.15) is 11.3 Å². The Morgan fingerprint density at radius 3 is 1.92 bits per heavy atom. The van der Waals surface area contributed by atoms with E-state index in [1.165, 1.54) is 6.07 Å². The van der Waals surface area contributed by atoms with Crippen molar-refractivity contribution in [1.29, 1.82) is 5.26 Å². The van der Waals surface area contributed by atoms with Crippen molar-refractivity contribution in [3.05, 3.63) is 40.0 Å². The Balaban J connectivity index is 2.52. The van der Waals surface area contributed by atoms with Crippen LogP contribution in [-0.2, 0) is 5.92 Å². The highest BCUT2D eigenvalue weighted by molar-refractivity contribution is 9.10. The number of aromatic amines is 1. The highest BCUT2D eigenvalue weighted by Gasteiger charge is 2.61. The average Bonchev–Trinajstić information content (AvgIpc) is 2.82. The van der Waals surface area contributed by atoms with Crippen molar-refractivity contribution < 1.29 is 39.9 Å². The number of hydrogen-bond donors (Lipinski definition) is 1. The first-order valence-corrected chi connectivity index (χ1v) is 7.20. The third kappa shape index (κ3) is 3.77. The minimum absolute atomic E-state index is 0.0963. The van der Waals surface area contributed by atoms with Gasteiger partial charge in [-0.25, -0.2) is 0 Å². The maximum Gasteiger partial charge on any atom is 0.573 e. The van der Waals surface area contributed by atoms with Crippen molar-refractivity contribution in [3.63, 3.8) is 0 Å². The minimum atomic E-state index is -5.92. The lowest BCUT2D eigenvalue weighted by atomic mass is 10.1. The molecule has 2 rings (SSSR count). The van der Waals surface area contributed by atoms with Gasteiger partial charge in [0, 0.05) is 0 Å². The molecular weight excluding hydrogens is 444 g/mol. The Morgan fingerprint density at radius 2 is 1.50 bits per heavy atom. The van der Waals surface area contributed by atoms with Gasteiger partial charge in [0.15, 0.2) is 0 Å². The van der Waals surface area contributed by atoms with Crippen LogP contribution >= 0.6 is 15.9 Å². The molecule has 1 aromatic heterocycles. The van der Waals surface area contributed by atoms with Gasteiger partial charge in [-0.1, -0.05) is 0 Å². The van der Waals surface area contributed by atoms with Gasteiger partial charge in [0.1, 0.15) is 17.5 Å². The Morgan fingerprint density at radius 1 is 0.962 bits per heavy atom. The number of halogens is 9. The van der Waals surface area contributed by atoms with Crippen LogP contribution in [0.4, 0.5) is 35.1 Å². The van der Waals surface area contributed by atoms with E-state index < -0.39 is 45.6 Å². The zero-order valence-electron chi connectivity index (χ0n) is 12.1. The van der Waals surface area contributed by atoms with Crippen LogP contribution < -0.4 is 4.74 Å².